The summed E-state index contributed by atoms with van der Waals surface area (Å²) < 4.78 is 5.56. The van der Waals surface area contributed by atoms with E-state index in [0.29, 0.717) is 31.2 Å². The van der Waals surface area contributed by atoms with Crippen LogP contribution in [0.2, 0.25) is 0 Å². The second-order valence-corrected chi connectivity index (χ2v) is 9.21. The molecule has 28 heavy (non-hydrogen) atoms. The Bertz CT molecular complexity index is 517. The van der Waals surface area contributed by atoms with Crippen LogP contribution < -0.4 is 10.6 Å². The maximum atomic E-state index is 12.5. The SMILES string of the molecule is CCNC(=NCCN(C(=O)OC(C)(C)C)C1CC1)NC1CCN(C(C)C)CC1. The molecule has 1 saturated heterocycles. The van der Waals surface area contributed by atoms with Gasteiger partial charge in [-0.05, 0) is 67.2 Å². The lowest BCUT2D eigenvalue weighted by atomic mass is 10.0. The molecule has 0 unspecified atom stereocenters. The third kappa shape index (κ3) is 7.86. The summed E-state index contributed by atoms with van der Waals surface area (Å²) in [5.41, 5.74) is -0.463. The molecule has 162 valence electrons. The van der Waals surface area contributed by atoms with Gasteiger partial charge in [-0.2, -0.15) is 0 Å². The van der Waals surface area contributed by atoms with E-state index in [0.717, 1.165) is 51.3 Å². The van der Waals surface area contributed by atoms with E-state index in [-0.39, 0.29) is 6.09 Å². The van der Waals surface area contributed by atoms with Gasteiger partial charge in [0.2, 0.25) is 0 Å². The number of piperidine rings is 1. The topological polar surface area (TPSA) is 69.2 Å². The first-order valence-corrected chi connectivity index (χ1v) is 11.0. The highest BCUT2D eigenvalue weighted by molar-refractivity contribution is 5.80. The van der Waals surface area contributed by atoms with Crippen LogP contribution >= 0.6 is 0 Å². The number of nitrogens with one attached hydrogen (secondary N) is 2. The monoisotopic (exact) mass is 395 g/mol. The fraction of sp³-hybridized carbons (Fsp3) is 0.905. The van der Waals surface area contributed by atoms with Gasteiger partial charge in [-0.3, -0.25) is 4.99 Å². The molecule has 2 N–H and O–H groups in total. The van der Waals surface area contributed by atoms with Gasteiger partial charge in [0.1, 0.15) is 5.60 Å². The van der Waals surface area contributed by atoms with E-state index < -0.39 is 5.60 Å². The van der Waals surface area contributed by atoms with Gasteiger partial charge in [-0.15, -0.1) is 0 Å². The summed E-state index contributed by atoms with van der Waals surface area (Å²) in [6.45, 7) is 16.6. The number of aliphatic imine (C=N–C) groups is 1. The Morgan fingerprint density at radius 1 is 1.21 bits per heavy atom. The molecule has 0 spiro atoms. The molecule has 0 radical (unpaired) electrons. The fourth-order valence-electron chi connectivity index (χ4n) is 3.47. The number of carbonyl (C=O) groups is 1. The molecule has 0 aromatic rings. The highest BCUT2D eigenvalue weighted by Crippen LogP contribution is 2.28. The van der Waals surface area contributed by atoms with E-state index in [1.165, 1.54) is 0 Å². The molecule has 0 aromatic heterocycles. The van der Waals surface area contributed by atoms with Crippen molar-refractivity contribution < 1.29 is 9.53 Å². The molecule has 7 heteroatoms. The Labute approximate surface area is 171 Å². The molecule has 7 nitrogen and oxygen atoms in total. The van der Waals surface area contributed by atoms with Crippen LogP contribution in [0.4, 0.5) is 4.79 Å². The molecule has 1 aliphatic heterocycles. The molecule has 0 aromatic carbocycles. The quantitative estimate of drug-likeness (QED) is 0.512. The summed E-state index contributed by atoms with van der Waals surface area (Å²) in [4.78, 5) is 21.6. The van der Waals surface area contributed by atoms with Gasteiger partial charge < -0.3 is 25.2 Å². The largest absolute Gasteiger partial charge is 0.444 e. The van der Waals surface area contributed by atoms with Crippen LogP contribution in [0.25, 0.3) is 0 Å². The van der Waals surface area contributed by atoms with Crippen molar-refractivity contribution in [3.05, 3.63) is 0 Å². The zero-order chi connectivity index (χ0) is 20.7. The van der Waals surface area contributed by atoms with Crippen molar-refractivity contribution in [3.8, 4) is 0 Å². The van der Waals surface area contributed by atoms with Gasteiger partial charge >= 0.3 is 6.09 Å². The average molecular weight is 396 g/mol. The molecule has 1 amide bonds. The minimum absolute atomic E-state index is 0.218. The predicted molar refractivity (Wildman–Crippen MR) is 115 cm³/mol. The van der Waals surface area contributed by atoms with Crippen LogP contribution in [0.5, 0.6) is 0 Å². The van der Waals surface area contributed by atoms with Gasteiger partial charge in [0.15, 0.2) is 5.96 Å². The molecule has 2 rings (SSSR count). The number of carbonyl (C=O) groups excluding carboxylic acids is 1. The Hall–Kier alpha value is -1.50. The van der Waals surface area contributed by atoms with Gasteiger partial charge in [0, 0.05) is 44.3 Å². The predicted octanol–water partition coefficient (Wildman–Crippen LogP) is 2.81. The van der Waals surface area contributed by atoms with Gasteiger partial charge in [0.05, 0.1) is 6.54 Å². The zero-order valence-electron chi connectivity index (χ0n) is 18.8. The molecule has 0 bridgehead atoms. The minimum Gasteiger partial charge on any atom is -0.444 e. The smallest absolute Gasteiger partial charge is 0.410 e. The number of guanidine groups is 1. The van der Waals surface area contributed by atoms with E-state index in [2.05, 4.69) is 36.3 Å². The van der Waals surface area contributed by atoms with Crippen LogP contribution in [-0.4, -0.2) is 78.3 Å². The molecular weight excluding hydrogens is 354 g/mol. The lowest BCUT2D eigenvalue weighted by Crippen LogP contribution is -2.50. The summed E-state index contributed by atoms with van der Waals surface area (Å²) in [5.74, 6) is 0.852. The molecule has 2 fully saturated rings. The second-order valence-electron chi connectivity index (χ2n) is 9.21. The van der Waals surface area contributed by atoms with Gasteiger partial charge in [-0.1, -0.05) is 0 Å². The van der Waals surface area contributed by atoms with Gasteiger partial charge in [-0.25, -0.2) is 4.79 Å². The van der Waals surface area contributed by atoms with Gasteiger partial charge in [0.25, 0.3) is 0 Å². The lowest BCUT2D eigenvalue weighted by Gasteiger charge is -2.35. The molecule has 2 aliphatic rings. The molecule has 0 atom stereocenters. The molecule has 1 heterocycles. The van der Waals surface area contributed by atoms with Crippen LogP contribution in [0.15, 0.2) is 4.99 Å². The highest BCUT2D eigenvalue weighted by Gasteiger charge is 2.34. The number of rotatable bonds is 7. The van der Waals surface area contributed by atoms with Crippen molar-refractivity contribution in [1.29, 1.82) is 0 Å². The highest BCUT2D eigenvalue weighted by atomic mass is 16.6. The first-order chi connectivity index (χ1) is 13.2. The van der Waals surface area contributed by atoms with Crippen molar-refractivity contribution in [2.24, 2.45) is 4.99 Å². The van der Waals surface area contributed by atoms with E-state index in [9.17, 15) is 4.79 Å². The summed E-state index contributed by atoms with van der Waals surface area (Å²) in [6.07, 6.45) is 4.18. The fourth-order valence-corrected chi connectivity index (χ4v) is 3.47. The van der Waals surface area contributed by atoms with Crippen molar-refractivity contribution in [2.75, 3.05) is 32.7 Å². The number of nitrogens with zero attached hydrogens (tertiary/aromatic N) is 3. The normalized spacial score (nSPS) is 19.6. The Kier molecular flexibility index (Phi) is 8.40. The van der Waals surface area contributed by atoms with Crippen molar-refractivity contribution in [2.45, 2.75) is 91.0 Å². The third-order valence-corrected chi connectivity index (χ3v) is 5.17. The van der Waals surface area contributed by atoms with E-state index in [4.69, 9.17) is 9.73 Å². The Balaban J connectivity index is 1.84. The first-order valence-electron chi connectivity index (χ1n) is 11.0. The standard InChI is InChI=1S/C21H41N5O2/c1-7-22-19(24-17-10-13-25(14-11-17)16(2)3)23-12-15-26(18-8-9-18)20(27)28-21(4,5)6/h16-18H,7-15H2,1-6H3,(H2,22,23,24). The van der Waals surface area contributed by atoms with E-state index in [1.807, 2.05) is 25.7 Å². The van der Waals surface area contributed by atoms with Crippen LogP contribution in [0, 0.1) is 0 Å². The van der Waals surface area contributed by atoms with Crippen molar-refractivity contribution >= 4 is 12.1 Å². The van der Waals surface area contributed by atoms with Crippen LogP contribution in [0.1, 0.15) is 67.2 Å². The van der Waals surface area contributed by atoms with Crippen LogP contribution in [0.3, 0.4) is 0 Å². The summed E-state index contributed by atoms with van der Waals surface area (Å²) in [5, 5.41) is 6.92. The summed E-state index contributed by atoms with van der Waals surface area (Å²) >= 11 is 0. The second kappa shape index (κ2) is 10.3. The van der Waals surface area contributed by atoms with E-state index >= 15 is 0 Å². The van der Waals surface area contributed by atoms with E-state index in [1.54, 1.807) is 0 Å². The Morgan fingerprint density at radius 2 is 1.86 bits per heavy atom. The summed E-state index contributed by atoms with van der Waals surface area (Å²) in [7, 11) is 0. The van der Waals surface area contributed by atoms with Crippen LogP contribution in [-0.2, 0) is 4.74 Å². The first kappa shape index (κ1) is 22.8. The number of likely N-dealkylation sites (tertiary alicyclic amines) is 1. The maximum absolute atomic E-state index is 12.5. The van der Waals surface area contributed by atoms with Crippen molar-refractivity contribution in [3.63, 3.8) is 0 Å². The number of ether oxygens (including phenoxy) is 1. The minimum atomic E-state index is -0.463. The molecule has 1 saturated carbocycles. The molecular formula is C21H41N5O2. The number of amides is 1. The average Bonchev–Trinajstić information content (AvgIpc) is 3.42. The third-order valence-electron chi connectivity index (χ3n) is 5.17. The number of hydrogen-bond acceptors (Lipinski definition) is 4. The Morgan fingerprint density at radius 3 is 2.36 bits per heavy atom. The number of hydrogen-bond donors (Lipinski definition) is 2. The van der Waals surface area contributed by atoms with Crippen molar-refractivity contribution in [1.82, 2.24) is 20.4 Å². The summed E-state index contributed by atoms with van der Waals surface area (Å²) in [6, 6.07) is 1.39. The lowest BCUT2D eigenvalue weighted by molar-refractivity contribution is 0.0240. The molecule has 1 aliphatic carbocycles. The maximum Gasteiger partial charge on any atom is 0.410 e. The zero-order valence-corrected chi connectivity index (χ0v) is 18.8.